The molecule has 22 heavy (non-hydrogen) atoms. The number of anilines is 1. The summed E-state index contributed by atoms with van der Waals surface area (Å²) >= 11 is 13.2. The Morgan fingerprint density at radius 3 is 2.73 bits per heavy atom. The normalized spacial score (nSPS) is 14.1. The molecule has 3 amide bonds. The second kappa shape index (κ2) is 7.71. The molecule has 0 unspecified atom stereocenters. The van der Waals surface area contributed by atoms with Gasteiger partial charge >= 0.3 is 0 Å². The van der Waals surface area contributed by atoms with Crippen LogP contribution in [0.4, 0.5) is 5.69 Å². The molecule has 0 bridgehead atoms. The van der Waals surface area contributed by atoms with Crippen LogP contribution >= 0.6 is 35.0 Å². The molecule has 0 saturated carbocycles. The molecule has 2 rings (SSSR count). The summed E-state index contributed by atoms with van der Waals surface area (Å²) in [7, 11) is 0. The van der Waals surface area contributed by atoms with Crippen LogP contribution in [0.15, 0.2) is 18.2 Å². The predicted octanol–water partition coefficient (Wildman–Crippen LogP) is 1.58. The summed E-state index contributed by atoms with van der Waals surface area (Å²) in [6.45, 7) is -0.256. The van der Waals surface area contributed by atoms with Crippen molar-refractivity contribution in [2.24, 2.45) is 0 Å². The predicted molar refractivity (Wildman–Crippen MR) is 87.1 cm³/mol. The van der Waals surface area contributed by atoms with Crippen molar-refractivity contribution in [1.82, 2.24) is 10.2 Å². The number of rotatable bonds is 5. The van der Waals surface area contributed by atoms with E-state index in [9.17, 15) is 14.4 Å². The highest BCUT2D eigenvalue weighted by molar-refractivity contribution is 8.00. The van der Waals surface area contributed by atoms with Crippen molar-refractivity contribution < 1.29 is 14.4 Å². The molecule has 6 nitrogen and oxygen atoms in total. The SMILES string of the molecule is O=C(CN1CSCC1=O)NCC(=O)Nc1cc(Cl)ccc1Cl. The van der Waals surface area contributed by atoms with E-state index < -0.39 is 5.91 Å². The van der Waals surface area contributed by atoms with Crippen LogP contribution in [0.1, 0.15) is 0 Å². The number of carbonyl (C=O) groups is 3. The molecule has 0 atom stereocenters. The zero-order valence-electron chi connectivity index (χ0n) is 11.4. The summed E-state index contributed by atoms with van der Waals surface area (Å²) in [5, 5.41) is 5.80. The lowest BCUT2D eigenvalue weighted by Crippen LogP contribution is -2.41. The second-order valence-corrected chi connectivity index (χ2v) is 6.32. The van der Waals surface area contributed by atoms with Gasteiger partial charge in [0.2, 0.25) is 17.7 Å². The highest BCUT2D eigenvalue weighted by Gasteiger charge is 2.22. The van der Waals surface area contributed by atoms with Crippen LogP contribution in [0, 0.1) is 0 Å². The maximum Gasteiger partial charge on any atom is 0.243 e. The van der Waals surface area contributed by atoms with E-state index in [1.807, 2.05) is 0 Å². The van der Waals surface area contributed by atoms with E-state index in [1.54, 1.807) is 12.1 Å². The van der Waals surface area contributed by atoms with E-state index in [0.717, 1.165) is 0 Å². The number of hydrogen-bond donors (Lipinski definition) is 2. The maximum absolute atomic E-state index is 11.8. The topological polar surface area (TPSA) is 78.5 Å². The number of halogens is 2. The third-order valence-electron chi connectivity index (χ3n) is 2.81. The molecule has 1 heterocycles. The Kier molecular flexibility index (Phi) is 5.93. The molecule has 0 spiro atoms. The lowest BCUT2D eigenvalue weighted by atomic mass is 10.3. The summed E-state index contributed by atoms with van der Waals surface area (Å²) in [6.07, 6.45) is 0. The summed E-state index contributed by atoms with van der Waals surface area (Å²) in [4.78, 5) is 36.3. The highest BCUT2D eigenvalue weighted by Crippen LogP contribution is 2.25. The minimum atomic E-state index is -0.431. The van der Waals surface area contributed by atoms with Crippen LogP contribution in [-0.4, -0.2) is 47.3 Å². The van der Waals surface area contributed by atoms with Crippen LogP contribution in [0.25, 0.3) is 0 Å². The zero-order valence-corrected chi connectivity index (χ0v) is 13.7. The Morgan fingerprint density at radius 1 is 1.27 bits per heavy atom. The third-order valence-corrected chi connectivity index (χ3v) is 4.32. The number of carbonyl (C=O) groups excluding carboxylic acids is 3. The maximum atomic E-state index is 11.8. The van der Waals surface area contributed by atoms with E-state index in [1.165, 1.54) is 22.7 Å². The monoisotopic (exact) mass is 361 g/mol. The molecule has 1 saturated heterocycles. The summed E-state index contributed by atoms with van der Waals surface area (Å²) in [5.41, 5.74) is 0.375. The molecule has 1 aliphatic heterocycles. The average molecular weight is 362 g/mol. The van der Waals surface area contributed by atoms with Gasteiger partial charge < -0.3 is 15.5 Å². The average Bonchev–Trinajstić information content (AvgIpc) is 2.86. The molecule has 118 valence electrons. The van der Waals surface area contributed by atoms with Crippen LogP contribution in [0.3, 0.4) is 0 Å². The molecule has 9 heteroatoms. The number of hydrogen-bond acceptors (Lipinski definition) is 4. The Morgan fingerprint density at radius 2 is 2.05 bits per heavy atom. The molecule has 0 radical (unpaired) electrons. The van der Waals surface area contributed by atoms with E-state index >= 15 is 0 Å². The number of nitrogens with zero attached hydrogens (tertiary/aromatic N) is 1. The first-order chi connectivity index (χ1) is 10.5. The molecule has 1 aromatic carbocycles. The smallest absolute Gasteiger partial charge is 0.243 e. The van der Waals surface area contributed by atoms with Crippen molar-refractivity contribution in [2.75, 3.05) is 30.0 Å². The molecule has 2 N–H and O–H groups in total. The van der Waals surface area contributed by atoms with Gasteiger partial charge in [-0.15, -0.1) is 11.8 Å². The molecule has 0 aliphatic carbocycles. The third kappa shape index (κ3) is 4.79. The first-order valence-electron chi connectivity index (χ1n) is 6.33. The Balaban J connectivity index is 1.78. The second-order valence-electron chi connectivity index (χ2n) is 4.52. The van der Waals surface area contributed by atoms with Crippen molar-refractivity contribution >= 4 is 58.4 Å². The van der Waals surface area contributed by atoms with Crippen molar-refractivity contribution in [1.29, 1.82) is 0 Å². The van der Waals surface area contributed by atoms with E-state index in [0.29, 0.717) is 27.4 Å². The van der Waals surface area contributed by atoms with Gasteiger partial charge in [-0.25, -0.2) is 0 Å². The largest absolute Gasteiger partial charge is 0.345 e. The van der Waals surface area contributed by atoms with Crippen LogP contribution in [0.5, 0.6) is 0 Å². The fourth-order valence-corrected chi connectivity index (χ4v) is 2.98. The van der Waals surface area contributed by atoms with E-state index in [4.69, 9.17) is 23.2 Å². The number of amides is 3. The molecule has 0 aromatic heterocycles. The Hall–Kier alpha value is -1.44. The van der Waals surface area contributed by atoms with Gasteiger partial charge in [0.05, 0.1) is 28.9 Å². The minimum Gasteiger partial charge on any atom is -0.345 e. The van der Waals surface area contributed by atoms with E-state index in [2.05, 4.69) is 10.6 Å². The first kappa shape index (κ1) is 16.9. The quantitative estimate of drug-likeness (QED) is 0.834. The zero-order chi connectivity index (χ0) is 16.1. The standard InChI is InChI=1S/C13H13Cl2N3O3S/c14-8-1-2-9(15)10(3-8)17-11(19)4-16-12(20)5-18-7-22-6-13(18)21/h1-3H,4-7H2,(H,16,20)(H,17,19). The summed E-state index contributed by atoms with van der Waals surface area (Å²) < 4.78 is 0. The summed E-state index contributed by atoms with van der Waals surface area (Å²) in [6, 6.07) is 4.69. The molecule has 1 aliphatic rings. The van der Waals surface area contributed by atoms with Crippen molar-refractivity contribution in [3.63, 3.8) is 0 Å². The van der Waals surface area contributed by atoms with Gasteiger partial charge in [0.1, 0.15) is 6.54 Å². The number of benzene rings is 1. The number of nitrogens with one attached hydrogen (secondary N) is 2. The van der Waals surface area contributed by atoms with E-state index in [-0.39, 0.29) is 24.9 Å². The lowest BCUT2D eigenvalue weighted by molar-refractivity contribution is -0.132. The summed E-state index contributed by atoms with van der Waals surface area (Å²) in [5.74, 6) is -0.00410. The molecular formula is C13H13Cl2N3O3S. The van der Waals surface area contributed by atoms with Gasteiger partial charge in [0, 0.05) is 5.02 Å². The first-order valence-corrected chi connectivity index (χ1v) is 8.24. The van der Waals surface area contributed by atoms with Crippen LogP contribution in [0.2, 0.25) is 10.0 Å². The van der Waals surface area contributed by atoms with Gasteiger partial charge in [-0.2, -0.15) is 0 Å². The van der Waals surface area contributed by atoms with Crippen molar-refractivity contribution in [2.45, 2.75) is 0 Å². The van der Waals surface area contributed by atoms with Crippen molar-refractivity contribution in [3.05, 3.63) is 28.2 Å². The Bertz CT molecular complexity index is 612. The van der Waals surface area contributed by atoms with Gasteiger partial charge in [0.15, 0.2) is 0 Å². The number of thioether (sulfide) groups is 1. The van der Waals surface area contributed by atoms with Gasteiger partial charge in [-0.05, 0) is 18.2 Å². The lowest BCUT2D eigenvalue weighted by Gasteiger charge is -2.14. The highest BCUT2D eigenvalue weighted by atomic mass is 35.5. The fourth-order valence-electron chi connectivity index (χ4n) is 1.74. The fraction of sp³-hybridized carbons (Fsp3) is 0.308. The van der Waals surface area contributed by atoms with Crippen LogP contribution in [-0.2, 0) is 14.4 Å². The van der Waals surface area contributed by atoms with Crippen LogP contribution < -0.4 is 10.6 Å². The van der Waals surface area contributed by atoms with Gasteiger partial charge in [0.25, 0.3) is 0 Å². The minimum absolute atomic E-state index is 0.0446. The van der Waals surface area contributed by atoms with Crippen molar-refractivity contribution in [3.8, 4) is 0 Å². The molecule has 1 fully saturated rings. The van der Waals surface area contributed by atoms with Gasteiger partial charge in [-0.1, -0.05) is 23.2 Å². The van der Waals surface area contributed by atoms with Gasteiger partial charge in [-0.3, -0.25) is 14.4 Å². The molecular weight excluding hydrogens is 349 g/mol. The molecule has 1 aromatic rings. The Labute approximate surface area is 141 Å².